The third kappa shape index (κ3) is 3.33. The molecule has 8 nitrogen and oxygen atoms in total. The van der Waals surface area contributed by atoms with Crippen molar-refractivity contribution in [2.24, 2.45) is 14.1 Å². The number of nitrogens with zero attached hydrogens (tertiary/aromatic N) is 2. The van der Waals surface area contributed by atoms with Crippen molar-refractivity contribution in [1.29, 1.82) is 0 Å². The van der Waals surface area contributed by atoms with E-state index in [0.29, 0.717) is 26.6 Å². The Kier molecular flexibility index (Phi) is 5.04. The van der Waals surface area contributed by atoms with Gasteiger partial charge in [-0.05, 0) is 24.3 Å². The van der Waals surface area contributed by atoms with Gasteiger partial charge in [0.2, 0.25) is 0 Å². The zero-order valence-electron chi connectivity index (χ0n) is 15.4. The molecule has 0 spiro atoms. The van der Waals surface area contributed by atoms with Gasteiger partial charge in [-0.15, -0.1) is 11.3 Å². The predicted octanol–water partition coefficient (Wildman–Crippen LogP) is 1.25. The highest BCUT2D eigenvalue weighted by Gasteiger charge is 2.17. The number of fused-ring (bicyclic) bond motifs is 1. The largest absolute Gasteiger partial charge is 0.497 e. The Hall–Kier alpha value is -3.07. The van der Waals surface area contributed by atoms with E-state index in [0.717, 1.165) is 21.5 Å². The highest BCUT2D eigenvalue weighted by Crippen LogP contribution is 2.25. The summed E-state index contributed by atoms with van der Waals surface area (Å²) in [4.78, 5) is 37.7. The lowest BCUT2D eigenvalue weighted by Crippen LogP contribution is -2.36. The molecule has 2 heterocycles. The zero-order chi connectivity index (χ0) is 19.7. The third-order valence-corrected chi connectivity index (χ3v) is 5.49. The van der Waals surface area contributed by atoms with Crippen LogP contribution < -0.4 is 26.0 Å². The number of amides is 1. The van der Waals surface area contributed by atoms with Gasteiger partial charge in [-0.3, -0.25) is 18.7 Å². The monoisotopic (exact) mass is 389 g/mol. The van der Waals surface area contributed by atoms with Gasteiger partial charge in [0.1, 0.15) is 16.3 Å². The number of hydrogen-bond acceptors (Lipinski definition) is 6. The van der Waals surface area contributed by atoms with Gasteiger partial charge >= 0.3 is 5.69 Å². The third-order valence-electron chi connectivity index (χ3n) is 4.28. The molecule has 2 aromatic heterocycles. The fraction of sp³-hybridized carbons (Fsp3) is 0.278. The van der Waals surface area contributed by atoms with Crippen LogP contribution in [0, 0.1) is 0 Å². The standard InChI is InChI=1S/C18H19N3O5S/c1-20-16(23)12-8-14(27-17(12)21(2)18(20)24)15(22)19-9-10-7-11(25-3)5-6-13(10)26-4/h5-8H,9H2,1-4H3,(H,19,22). The molecule has 0 bridgehead atoms. The molecule has 1 aromatic carbocycles. The second-order valence-corrected chi connectivity index (χ2v) is 6.93. The fourth-order valence-electron chi connectivity index (χ4n) is 2.76. The van der Waals surface area contributed by atoms with Crippen LogP contribution >= 0.6 is 11.3 Å². The first-order valence-corrected chi connectivity index (χ1v) is 8.87. The van der Waals surface area contributed by atoms with Crippen molar-refractivity contribution in [2.75, 3.05) is 14.2 Å². The molecule has 0 aliphatic heterocycles. The van der Waals surface area contributed by atoms with Crippen molar-refractivity contribution in [1.82, 2.24) is 14.5 Å². The Bertz CT molecular complexity index is 1140. The van der Waals surface area contributed by atoms with Gasteiger partial charge in [-0.2, -0.15) is 0 Å². The van der Waals surface area contributed by atoms with E-state index >= 15 is 0 Å². The van der Waals surface area contributed by atoms with Crippen LogP contribution in [0.4, 0.5) is 0 Å². The number of nitrogens with one attached hydrogen (secondary N) is 1. The number of ether oxygens (including phenoxy) is 2. The summed E-state index contributed by atoms with van der Waals surface area (Å²) in [5, 5.41) is 3.15. The minimum Gasteiger partial charge on any atom is -0.497 e. The summed E-state index contributed by atoms with van der Waals surface area (Å²) in [5.74, 6) is 0.944. The molecule has 3 rings (SSSR count). The van der Waals surface area contributed by atoms with Crippen molar-refractivity contribution >= 4 is 27.5 Å². The maximum atomic E-state index is 12.6. The molecule has 0 unspecified atom stereocenters. The summed E-state index contributed by atoms with van der Waals surface area (Å²) in [5.41, 5.74) is -0.0880. The highest BCUT2D eigenvalue weighted by molar-refractivity contribution is 7.20. The van der Waals surface area contributed by atoms with Crippen LogP contribution in [0.25, 0.3) is 10.2 Å². The van der Waals surface area contributed by atoms with E-state index < -0.39 is 11.2 Å². The van der Waals surface area contributed by atoms with Crippen LogP contribution in [0.2, 0.25) is 0 Å². The first-order valence-electron chi connectivity index (χ1n) is 8.06. The van der Waals surface area contributed by atoms with Crippen LogP contribution in [0.15, 0.2) is 33.9 Å². The number of carbonyl (C=O) groups is 1. The minimum atomic E-state index is -0.428. The molecule has 0 saturated carbocycles. The molecule has 0 aliphatic rings. The van der Waals surface area contributed by atoms with Gasteiger partial charge in [0.15, 0.2) is 0 Å². The molecule has 9 heteroatoms. The van der Waals surface area contributed by atoms with Gasteiger partial charge in [-0.1, -0.05) is 0 Å². The van der Waals surface area contributed by atoms with Gasteiger partial charge in [0.25, 0.3) is 11.5 Å². The number of aromatic nitrogens is 2. The molecule has 142 valence electrons. The smallest absolute Gasteiger partial charge is 0.331 e. The van der Waals surface area contributed by atoms with E-state index in [-0.39, 0.29) is 12.5 Å². The Morgan fingerprint density at radius 1 is 1.11 bits per heavy atom. The van der Waals surface area contributed by atoms with E-state index in [2.05, 4.69) is 5.32 Å². The topological polar surface area (TPSA) is 91.6 Å². The number of hydrogen-bond donors (Lipinski definition) is 1. The molecule has 0 radical (unpaired) electrons. The molecular formula is C18H19N3O5S. The van der Waals surface area contributed by atoms with Gasteiger partial charge < -0.3 is 14.8 Å². The molecule has 0 saturated heterocycles. The maximum Gasteiger partial charge on any atom is 0.331 e. The normalized spacial score (nSPS) is 10.8. The van der Waals surface area contributed by atoms with Gasteiger partial charge in [-0.25, -0.2) is 4.79 Å². The lowest BCUT2D eigenvalue weighted by Gasteiger charge is -2.11. The van der Waals surface area contributed by atoms with Crippen molar-refractivity contribution in [2.45, 2.75) is 6.54 Å². The molecule has 1 N–H and O–H groups in total. The first kappa shape index (κ1) is 18.7. The summed E-state index contributed by atoms with van der Waals surface area (Å²) >= 11 is 1.10. The fourth-order valence-corrected chi connectivity index (χ4v) is 3.78. The van der Waals surface area contributed by atoms with Crippen molar-refractivity contribution in [3.8, 4) is 11.5 Å². The van der Waals surface area contributed by atoms with Crippen LogP contribution in [0.5, 0.6) is 11.5 Å². The lowest BCUT2D eigenvalue weighted by atomic mass is 10.2. The van der Waals surface area contributed by atoms with Crippen LogP contribution in [-0.2, 0) is 20.6 Å². The van der Waals surface area contributed by atoms with Crippen LogP contribution in [-0.4, -0.2) is 29.3 Å². The molecule has 1 amide bonds. The maximum absolute atomic E-state index is 12.6. The van der Waals surface area contributed by atoms with Crippen molar-refractivity contribution in [3.05, 3.63) is 55.5 Å². The van der Waals surface area contributed by atoms with Crippen LogP contribution in [0.1, 0.15) is 15.2 Å². The zero-order valence-corrected chi connectivity index (χ0v) is 16.2. The number of carbonyl (C=O) groups excluding carboxylic acids is 1. The van der Waals surface area contributed by atoms with Crippen molar-refractivity contribution in [3.63, 3.8) is 0 Å². The van der Waals surface area contributed by atoms with E-state index in [1.165, 1.54) is 17.7 Å². The van der Waals surface area contributed by atoms with Crippen molar-refractivity contribution < 1.29 is 14.3 Å². The first-order chi connectivity index (χ1) is 12.9. The Balaban J connectivity index is 1.90. The second kappa shape index (κ2) is 7.28. The quantitative estimate of drug-likeness (QED) is 0.709. The molecule has 0 aliphatic carbocycles. The average molecular weight is 389 g/mol. The number of rotatable bonds is 5. The summed E-state index contributed by atoms with van der Waals surface area (Å²) in [7, 11) is 6.10. The highest BCUT2D eigenvalue weighted by atomic mass is 32.1. The molecule has 0 fully saturated rings. The SMILES string of the molecule is COc1ccc(OC)c(CNC(=O)c2cc3c(=O)n(C)c(=O)n(C)c3s2)c1. The summed E-state index contributed by atoms with van der Waals surface area (Å²) in [6.07, 6.45) is 0. The number of thiophene rings is 1. The van der Waals surface area contributed by atoms with E-state index in [1.807, 2.05) is 0 Å². The second-order valence-electron chi connectivity index (χ2n) is 5.90. The van der Waals surface area contributed by atoms with Crippen LogP contribution in [0.3, 0.4) is 0 Å². The average Bonchev–Trinajstić information content (AvgIpc) is 3.14. The summed E-state index contributed by atoms with van der Waals surface area (Å²) in [6.45, 7) is 0.227. The number of benzene rings is 1. The van der Waals surface area contributed by atoms with E-state index in [4.69, 9.17) is 9.47 Å². The summed E-state index contributed by atoms with van der Waals surface area (Å²) in [6, 6.07) is 6.83. The molecule has 3 aromatic rings. The Morgan fingerprint density at radius 3 is 2.52 bits per heavy atom. The lowest BCUT2D eigenvalue weighted by molar-refractivity contribution is 0.0954. The number of aryl methyl sites for hydroxylation is 1. The molecule has 27 heavy (non-hydrogen) atoms. The predicted molar refractivity (Wildman–Crippen MR) is 103 cm³/mol. The van der Waals surface area contributed by atoms with Gasteiger partial charge in [0, 0.05) is 26.2 Å². The Labute approximate surface area is 158 Å². The number of methoxy groups -OCH3 is 2. The minimum absolute atomic E-state index is 0.227. The Morgan fingerprint density at radius 2 is 1.85 bits per heavy atom. The summed E-state index contributed by atoms with van der Waals surface area (Å²) < 4.78 is 12.9. The molecule has 0 atom stereocenters. The van der Waals surface area contributed by atoms with E-state index in [1.54, 1.807) is 39.5 Å². The van der Waals surface area contributed by atoms with Gasteiger partial charge in [0.05, 0.1) is 24.5 Å². The van der Waals surface area contributed by atoms with E-state index in [9.17, 15) is 14.4 Å². The molecular weight excluding hydrogens is 370 g/mol.